The molecular formula is C74H82BN3S. The Bertz CT molecular complexity index is 3700. The zero-order valence-corrected chi connectivity index (χ0v) is 50.8. The highest BCUT2D eigenvalue weighted by Gasteiger charge is 2.53. The van der Waals surface area contributed by atoms with Gasteiger partial charge in [-0.15, -0.1) is 0 Å². The van der Waals surface area contributed by atoms with Crippen molar-refractivity contribution in [3.63, 3.8) is 0 Å². The molecule has 13 rings (SSSR count). The molecule has 3 heterocycles. The Labute approximate surface area is 478 Å². The summed E-state index contributed by atoms with van der Waals surface area (Å²) in [7, 11) is 0. The predicted octanol–water partition coefficient (Wildman–Crippen LogP) is 19.3. The van der Waals surface area contributed by atoms with Crippen molar-refractivity contribution in [2.75, 3.05) is 14.7 Å². The highest BCUT2D eigenvalue weighted by atomic mass is 32.1. The molecule has 0 amide bonds. The zero-order chi connectivity index (χ0) is 55.6. The Morgan fingerprint density at radius 1 is 0.443 bits per heavy atom. The lowest BCUT2D eigenvalue weighted by molar-refractivity contribution is 0.332. The van der Waals surface area contributed by atoms with E-state index in [1.807, 2.05) is 0 Å². The van der Waals surface area contributed by atoms with Gasteiger partial charge in [-0.25, -0.2) is 0 Å². The smallest absolute Gasteiger partial charge is 0.264 e. The monoisotopic (exact) mass is 1060 g/mol. The molecule has 7 aromatic carbocycles. The Kier molecular flexibility index (Phi) is 11.6. The molecule has 0 spiro atoms. The van der Waals surface area contributed by atoms with Crippen LogP contribution in [0.15, 0.2) is 152 Å². The second-order valence-corrected chi connectivity index (χ2v) is 30.4. The van der Waals surface area contributed by atoms with Crippen molar-refractivity contribution in [2.24, 2.45) is 0 Å². The van der Waals surface area contributed by atoms with Crippen LogP contribution in [0.4, 0.5) is 51.2 Å². The van der Waals surface area contributed by atoms with Gasteiger partial charge < -0.3 is 14.7 Å². The fraction of sp³-hybridized carbons (Fsp3) is 0.378. The van der Waals surface area contributed by atoms with Crippen molar-refractivity contribution < 1.29 is 0 Å². The molecule has 0 bridgehead atoms. The van der Waals surface area contributed by atoms with Crippen LogP contribution in [-0.2, 0) is 37.9 Å². The van der Waals surface area contributed by atoms with Gasteiger partial charge in [0.15, 0.2) is 0 Å². The molecule has 5 aliphatic rings. The van der Waals surface area contributed by atoms with E-state index >= 15 is 0 Å². The van der Waals surface area contributed by atoms with Crippen LogP contribution >= 0.6 is 11.3 Å². The lowest BCUT2D eigenvalue weighted by Gasteiger charge is -2.48. The molecule has 0 unspecified atom stereocenters. The lowest BCUT2D eigenvalue weighted by atomic mass is 9.35. The van der Waals surface area contributed by atoms with Crippen LogP contribution in [0.1, 0.15) is 181 Å². The van der Waals surface area contributed by atoms with Crippen LogP contribution in [0.3, 0.4) is 0 Å². The molecule has 0 radical (unpaired) electrons. The van der Waals surface area contributed by atoms with Crippen LogP contribution in [-0.4, -0.2) is 6.71 Å². The molecule has 2 aliphatic heterocycles. The van der Waals surface area contributed by atoms with Crippen molar-refractivity contribution in [1.29, 1.82) is 0 Å². The molecule has 1 aromatic heterocycles. The van der Waals surface area contributed by atoms with Gasteiger partial charge in [-0.3, -0.25) is 0 Å². The molecule has 79 heavy (non-hydrogen) atoms. The number of para-hydroxylation sites is 2. The SMILES string of the molecule is CC(C)(C)c1ccc(N2c3cc(N(c4ccccc4)c4ccccc4)cc4c3B(c3cc5c(cc3N4c3ccc4c(c3)C(C)(C)CCC4(C)C)C(C)(C)CCC5(C)C)c3sc4c(c32)C(C)(C)CCC4(C)C)c(-c2ccccc2)c1. The third kappa shape index (κ3) is 8.15. The fourth-order valence-corrected chi connectivity index (χ4v) is 16.6. The summed E-state index contributed by atoms with van der Waals surface area (Å²) in [6.45, 7) is 37.2. The molecule has 3 aliphatic carbocycles. The molecule has 0 atom stereocenters. The summed E-state index contributed by atoms with van der Waals surface area (Å²) < 4.78 is 1.48. The van der Waals surface area contributed by atoms with Crippen molar-refractivity contribution in [3.05, 3.63) is 190 Å². The third-order valence-electron chi connectivity index (χ3n) is 20.1. The van der Waals surface area contributed by atoms with Gasteiger partial charge in [0.05, 0.1) is 17.1 Å². The van der Waals surface area contributed by atoms with Gasteiger partial charge in [0, 0.05) is 49.3 Å². The number of anilines is 9. The van der Waals surface area contributed by atoms with E-state index in [0.717, 1.165) is 49.2 Å². The lowest BCUT2D eigenvalue weighted by Crippen LogP contribution is -2.61. The highest BCUT2D eigenvalue weighted by molar-refractivity contribution is 7.29. The average Bonchev–Trinajstić information content (AvgIpc) is 2.55. The number of fused-ring (bicyclic) bond motifs is 8. The normalized spacial score (nSPS) is 19.3. The van der Waals surface area contributed by atoms with Gasteiger partial charge in [-0.1, -0.05) is 189 Å². The zero-order valence-electron chi connectivity index (χ0n) is 50.0. The van der Waals surface area contributed by atoms with Crippen LogP contribution in [0.5, 0.6) is 0 Å². The first-order valence-corrected chi connectivity index (χ1v) is 30.5. The maximum atomic E-state index is 2.81. The second-order valence-electron chi connectivity index (χ2n) is 29.4. The summed E-state index contributed by atoms with van der Waals surface area (Å²) >= 11 is 2.14. The molecule has 0 saturated carbocycles. The summed E-state index contributed by atoms with van der Waals surface area (Å²) in [4.78, 5) is 9.63. The van der Waals surface area contributed by atoms with Crippen LogP contribution in [0.25, 0.3) is 11.1 Å². The van der Waals surface area contributed by atoms with Gasteiger partial charge in [-0.05, 0) is 193 Å². The molecule has 0 saturated heterocycles. The third-order valence-corrected chi connectivity index (χ3v) is 21.7. The van der Waals surface area contributed by atoms with Gasteiger partial charge in [0.1, 0.15) is 0 Å². The molecule has 5 heteroatoms. The number of nitrogens with zero attached hydrogens (tertiary/aromatic N) is 3. The molecular weight excluding hydrogens is 974 g/mol. The summed E-state index contributed by atoms with van der Waals surface area (Å²) in [6, 6.07) is 59.2. The van der Waals surface area contributed by atoms with Crippen LogP contribution in [0.2, 0.25) is 0 Å². The second kappa shape index (κ2) is 17.6. The van der Waals surface area contributed by atoms with E-state index in [0.29, 0.717) is 0 Å². The number of benzene rings is 7. The summed E-state index contributed by atoms with van der Waals surface area (Å²) in [5.41, 5.74) is 25.3. The van der Waals surface area contributed by atoms with Crippen molar-refractivity contribution >= 4 is 84.9 Å². The first-order chi connectivity index (χ1) is 37.3. The highest BCUT2D eigenvalue weighted by Crippen LogP contribution is 2.59. The van der Waals surface area contributed by atoms with Gasteiger partial charge in [-0.2, -0.15) is 11.3 Å². The Morgan fingerprint density at radius 2 is 0.949 bits per heavy atom. The van der Waals surface area contributed by atoms with E-state index in [1.54, 1.807) is 4.88 Å². The Hall–Kier alpha value is -6.30. The molecule has 402 valence electrons. The predicted molar refractivity (Wildman–Crippen MR) is 343 cm³/mol. The van der Waals surface area contributed by atoms with Crippen molar-refractivity contribution in [1.82, 2.24) is 0 Å². The minimum absolute atomic E-state index is 0.00356. The maximum Gasteiger partial charge on any atom is 0.264 e. The van der Waals surface area contributed by atoms with Gasteiger partial charge in [0.25, 0.3) is 6.71 Å². The minimum Gasteiger partial charge on any atom is -0.311 e. The maximum absolute atomic E-state index is 2.81. The summed E-state index contributed by atoms with van der Waals surface area (Å²) in [5, 5.41) is 0. The number of thiophene rings is 1. The summed E-state index contributed by atoms with van der Waals surface area (Å²) in [6.07, 6.45) is 6.95. The quantitative estimate of drug-likeness (QED) is 0.154. The van der Waals surface area contributed by atoms with E-state index in [9.17, 15) is 0 Å². The van der Waals surface area contributed by atoms with E-state index in [2.05, 4.69) is 282 Å². The Balaban J connectivity index is 1.23. The van der Waals surface area contributed by atoms with Crippen LogP contribution < -0.4 is 30.4 Å². The topological polar surface area (TPSA) is 9.72 Å². The largest absolute Gasteiger partial charge is 0.311 e. The fourth-order valence-electron chi connectivity index (χ4n) is 14.8. The van der Waals surface area contributed by atoms with Gasteiger partial charge >= 0.3 is 0 Å². The molecule has 8 aromatic rings. The first kappa shape index (κ1) is 52.1. The minimum atomic E-state index is -0.0708. The van der Waals surface area contributed by atoms with E-state index < -0.39 is 0 Å². The molecule has 0 fully saturated rings. The van der Waals surface area contributed by atoms with E-state index in [4.69, 9.17) is 0 Å². The van der Waals surface area contributed by atoms with E-state index in [1.165, 1.54) is 101 Å². The standard InChI is InChI=1S/C74H82BN3S/c1-68(2,3)48-31-34-59(53(41-48)47-25-19-16-20-26-47)78-62-44-52(76(49-27-21-17-22-28-49)50-29-23-18-24-30-50)43-61-64(62)75(67-65(78)63-66(79-67)74(14,15)40-39-73(63,12)13)58-45-56-57(72(10,11)38-37-71(56,8)9)46-60(58)77(61)51-32-33-54-55(42-51)70(6,7)36-35-69(54,4)5/h16-34,41-46H,35-40H2,1-15H3. The number of hydrogen-bond acceptors (Lipinski definition) is 4. The first-order valence-electron chi connectivity index (χ1n) is 29.7. The Morgan fingerprint density at radius 3 is 1.53 bits per heavy atom. The van der Waals surface area contributed by atoms with Gasteiger partial charge in [0.2, 0.25) is 0 Å². The average molecular weight is 1060 g/mol. The number of rotatable bonds is 6. The van der Waals surface area contributed by atoms with Crippen LogP contribution in [0, 0.1) is 0 Å². The molecule has 0 N–H and O–H groups in total. The van der Waals surface area contributed by atoms with Crippen molar-refractivity contribution in [3.8, 4) is 11.1 Å². The summed E-state index contributed by atoms with van der Waals surface area (Å²) in [5.74, 6) is 0. The van der Waals surface area contributed by atoms with Crippen molar-refractivity contribution in [2.45, 2.75) is 180 Å². The number of hydrogen-bond donors (Lipinski definition) is 0. The van der Waals surface area contributed by atoms with E-state index in [-0.39, 0.29) is 44.6 Å². The molecule has 3 nitrogen and oxygen atoms in total.